The molecule has 4 heteroatoms. The standard InChI is InChI=1S/C11H14N2O2/c1-9(14)13-6-4-11(8-13)15-10-3-2-5-12-7-10/h2-3,5,7,11H,4,6,8H2,1H3. The Morgan fingerprint density at radius 2 is 2.53 bits per heavy atom. The lowest BCUT2D eigenvalue weighted by Crippen LogP contribution is -2.28. The second kappa shape index (κ2) is 4.29. The lowest BCUT2D eigenvalue weighted by molar-refractivity contribution is -0.128. The summed E-state index contributed by atoms with van der Waals surface area (Å²) in [6.45, 7) is 3.07. The van der Waals surface area contributed by atoms with E-state index in [1.54, 1.807) is 24.2 Å². The summed E-state index contributed by atoms with van der Waals surface area (Å²) in [5, 5.41) is 0. The normalized spacial score (nSPS) is 20.3. The van der Waals surface area contributed by atoms with Crippen LogP contribution in [0.1, 0.15) is 13.3 Å². The Hall–Kier alpha value is -1.58. The van der Waals surface area contributed by atoms with Crippen LogP contribution in [0, 0.1) is 0 Å². The van der Waals surface area contributed by atoms with Gasteiger partial charge in [0.1, 0.15) is 11.9 Å². The van der Waals surface area contributed by atoms with Gasteiger partial charge in [0.15, 0.2) is 0 Å². The smallest absolute Gasteiger partial charge is 0.219 e. The predicted octanol–water partition coefficient (Wildman–Crippen LogP) is 1.08. The zero-order valence-electron chi connectivity index (χ0n) is 8.72. The van der Waals surface area contributed by atoms with Gasteiger partial charge in [-0.1, -0.05) is 0 Å². The van der Waals surface area contributed by atoms with E-state index in [1.165, 1.54) is 0 Å². The number of likely N-dealkylation sites (tertiary alicyclic amines) is 1. The van der Waals surface area contributed by atoms with E-state index in [9.17, 15) is 4.79 Å². The fourth-order valence-electron chi connectivity index (χ4n) is 1.72. The van der Waals surface area contributed by atoms with Gasteiger partial charge < -0.3 is 9.64 Å². The summed E-state index contributed by atoms with van der Waals surface area (Å²) in [5.74, 6) is 0.889. The molecule has 0 aliphatic carbocycles. The maximum Gasteiger partial charge on any atom is 0.219 e. The lowest BCUT2D eigenvalue weighted by atomic mass is 10.3. The van der Waals surface area contributed by atoms with Crippen LogP contribution in [0.3, 0.4) is 0 Å². The molecular weight excluding hydrogens is 192 g/mol. The monoisotopic (exact) mass is 206 g/mol. The largest absolute Gasteiger partial charge is 0.487 e. The molecular formula is C11H14N2O2. The van der Waals surface area contributed by atoms with Gasteiger partial charge in [0.05, 0.1) is 12.7 Å². The third-order valence-electron chi connectivity index (χ3n) is 2.53. The Kier molecular flexibility index (Phi) is 2.85. The summed E-state index contributed by atoms with van der Waals surface area (Å²) >= 11 is 0. The molecule has 1 fully saturated rings. The van der Waals surface area contributed by atoms with E-state index in [-0.39, 0.29) is 12.0 Å². The summed E-state index contributed by atoms with van der Waals surface area (Å²) in [4.78, 5) is 16.9. The summed E-state index contributed by atoms with van der Waals surface area (Å²) in [7, 11) is 0. The number of aromatic nitrogens is 1. The molecule has 0 saturated carbocycles. The number of hydrogen-bond donors (Lipinski definition) is 0. The van der Waals surface area contributed by atoms with Crippen molar-refractivity contribution >= 4 is 5.91 Å². The fraction of sp³-hybridized carbons (Fsp3) is 0.455. The fourth-order valence-corrected chi connectivity index (χ4v) is 1.72. The van der Waals surface area contributed by atoms with E-state index < -0.39 is 0 Å². The number of carbonyl (C=O) groups is 1. The van der Waals surface area contributed by atoms with Crippen LogP contribution in [0.4, 0.5) is 0 Å². The third kappa shape index (κ3) is 2.46. The van der Waals surface area contributed by atoms with Crippen LogP contribution in [0.25, 0.3) is 0 Å². The van der Waals surface area contributed by atoms with Crippen molar-refractivity contribution in [2.45, 2.75) is 19.4 Å². The molecule has 1 amide bonds. The van der Waals surface area contributed by atoms with E-state index in [1.807, 2.05) is 12.1 Å². The van der Waals surface area contributed by atoms with Crippen molar-refractivity contribution < 1.29 is 9.53 Å². The summed E-state index contributed by atoms with van der Waals surface area (Å²) < 4.78 is 5.70. The van der Waals surface area contributed by atoms with Gasteiger partial charge in [-0.2, -0.15) is 0 Å². The van der Waals surface area contributed by atoms with Crippen molar-refractivity contribution in [3.63, 3.8) is 0 Å². The number of carbonyl (C=O) groups excluding carboxylic acids is 1. The van der Waals surface area contributed by atoms with Crippen molar-refractivity contribution in [3.05, 3.63) is 24.5 Å². The van der Waals surface area contributed by atoms with Crippen LogP contribution < -0.4 is 4.74 Å². The molecule has 1 aliphatic rings. The first-order valence-electron chi connectivity index (χ1n) is 5.08. The molecule has 1 atom stereocenters. The van der Waals surface area contributed by atoms with E-state index in [0.29, 0.717) is 6.54 Å². The molecule has 4 nitrogen and oxygen atoms in total. The van der Waals surface area contributed by atoms with E-state index in [0.717, 1.165) is 18.7 Å². The molecule has 80 valence electrons. The minimum Gasteiger partial charge on any atom is -0.487 e. The van der Waals surface area contributed by atoms with Gasteiger partial charge in [-0.25, -0.2) is 0 Å². The molecule has 0 spiro atoms. The molecule has 1 aromatic heterocycles. The second-order valence-corrected chi connectivity index (χ2v) is 3.68. The van der Waals surface area contributed by atoms with Crippen LogP contribution in [-0.2, 0) is 4.79 Å². The highest BCUT2D eigenvalue weighted by Crippen LogP contribution is 2.16. The maximum atomic E-state index is 11.1. The number of nitrogens with zero attached hydrogens (tertiary/aromatic N) is 2. The topological polar surface area (TPSA) is 42.4 Å². The van der Waals surface area contributed by atoms with Crippen molar-refractivity contribution in [2.24, 2.45) is 0 Å². The summed E-state index contributed by atoms with van der Waals surface area (Å²) in [6, 6.07) is 3.72. The Morgan fingerprint density at radius 1 is 1.67 bits per heavy atom. The van der Waals surface area contributed by atoms with Crippen LogP contribution in [0.15, 0.2) is 24.5 Å². The van der Waals surface area contributed by atoms with Gasteiger partial charge in [-0.15, -0.1) is 0 Å². The van der Waals surface area contributed by atoms with Gasteiger partial charge in [0.2, 0.25) is 5.91 Å². The van der Waals surface area contributed by atoms with Crippen LogP contribution in [-0.4, -0.2) is 35.0 Å². The molecule has 0 aromatic carbocycles. The van der Waals surface area contributed by atoms with Crippen LogP contribution in [0.5, 0.6) is 5.75 Å². The number of rotatable bonds is 2. The van der Waals surface area contributed by atoms with Gasteiger partial charge >= 0.3 is 0 Å². The first-order valence-corrected chi connectivity index (χ1v) is 5.08. The van der Waals surface area contributed by atoms with Crippen LogP contribution >= 0.6 is 0 Å². The third-order valence-corrected chi connectivity index (χ3v) is 2.53. The van der Waals surface area contributed by atoms with E-state index in [2.05, 4.69) is 4.98 Å². The van der Waals surface area contributed by atoms with E-state index >= 15 is 0 Å². The quantitative estimate of drug-likeness (QED) is 0.727. The first kappa shape index (κ1) is 9.96. The highest BCUT2D eigenvalue weighted by molar-refractivity contribution is 5.73. The average molecular weight is 206 g/mol. The Balaban J connectivity index is 1.90. The second-order valence-electron chi connectivity index (χ2n) is 3.68. The summed E-state index contributed by atoms with van der Waals surface area (Å²) in [6.07, 6.45) is 4.41. The Morgan fingerprint density at radius 3 is 3.13 bits per heavy atom. The zero-order valence-corrected chi connectivity index (χ0v) is 8.72. The summed E-state index contributed by atoms with van der Waals surface area (Å²) in [5.41, 5.74) is 0. The number of hydrogen-bond acceptors (Lipinski definition) is 3. The lowest BCUT2D eigenvalue weighted by Gasteiger charge is -2.15. The molecule has 1 unspecified atom stereocenters. The van der Waals surface area contributed by atoms with E-state index in [4.69, 9.17) is 4.74 Å². The zero-order chi connectivity index (χ0) is 10.7. The minimum atomic E-state index is 0.109. The Bertz CT molecular complexity index is 340. The van der Waals surface area contributed by atoms with Crippen molar-refractivity contribution in [1.82, 2.24) is 9.88 Å². The van der Waals surface area contributed by atoms with Crippen molar-refractivity contribution in [1.29, 1.82) is 0 Å². The molecule has 1 aromatic rings. The molecule has 0 bridgehead atoms. The molecule has 0 N–H and O–H groups in total. The van der Waals surface area contributed by atoms with Gasteiger partial charge in [0.25, 0.3) is 0 Å². The maximum absolute atomic E-state index is 11.1. The van der Waals surface area contributed by atoms with Crippen molar-refractivity contribution in [2.75, 3.05) is 13.1 Å². The number of ether oxygens (including phenoxy) is 1. The molecule has 1 aliphatic heterocycles. The predicted molar refractivity (Wildman–Crippen MR) is 55.5 cm³/mol. The highest BCUT2D eigenvalue weighted by Gasteiger charge is 2.25. The Labute approximate surface area is 88.9 Å². The molecule has 2 heterocycles. The molecule has 0 radical (unpaired) electrons. The minimum absolute atomic E-state index is 0.109. The van der Waals surface area contributed by atoms with Crippen molar-refractivity contribution in [3.8, 4) is 5.75 Å². The van der Waals surface area contributed by atoms with Gasteiger partial charge in [-0.05, 0) is 12.1 Å². The van der Waals surface area contributed by atoms with Gasteiger partial charge in [-0.3, -0.25) is 9.78 Å². The first-order chi connectivity index (χ1) is 7.25. The average Bonchev–Trinajstić information content (AvgIpc) is 2.68. The highest BCUT2D eigenvalue weighted by atomic mass is 16.5. The SMILES string of the molecule is CC(=O)N1CCC(Oc2cccnc2)C1. The number of amides is 1. The van der Waals surface area contributed by atoms with Gasteiger partial charge in [0, 0.05) is 26.1 Å². The molecule has 1 saturated heterocycles. The number of pyridine rings is 1. The van der Waals surface area contributed by atoms with Crippen LogP contribution in [0.2, 0.25) is 0 Å². The molecule has 2 rings (SSSR count). The molecule has 15 heavy (non-hydrogen) atoms.